The van der Waals surface area contributed by atoms with Crippen molar-refractivity contribution in [2.45, 2.75) is 12.8 Å². The van der Waals surface area contributed by atoms with Gasteiger partial charge < -0.3 is 15.5 Å². The van der Waals surface area contributed by atoms with Crippen molar-refractivity contribution in [2.75, 3.05) is 57.8 Å². The second-order valence-electron chi connectivity index (χ2n) is 5.75. The fourth-order valence-corrected chi connectivity index (χ4v) is 2.78. The van der Waals surface area contributed by atoms with Gasteiger partial charge in [0.05, 0.1) is 6.54 Å². The zero-order valence-electron chi connectivity index (χ0n) is 13.6. The summed E-state index contributed by atoms with van der Waals surface area (Å²) in [4.78, 5) is 16.3. The number of benzene rings is 1. The van der Waals surface area contributed by atoms with Crippen LogP contribution in [-0.2, 0) is 4.79 Å². The number of hydrogen-bond donors (Lipinski definition) is 2. The van der Waals surface area contributed by atoms with Gasteiger partial charge in [0.2, 0.25) is 5.91 Å². The van der Waals surface area contributed by atoms with Gasteiger partial charge in [0.1, 0.15) is 0 Å². The molecule has 0 saturated carbocycles. The SMILES string of the molecule is CNCC(=O)NCCCCN1CCN(c2ccccc2)CC1. The van der Waals surface area contributed by atoms with Crippen molar-refractivity contribution in [1.29, 1.82) is 0 Å². The lowest BCUT2D eigenvalue weighted by Crippen LogP contribution is -2.46. The Hall–Kier alpha value is -1.59. The fourth-order valence-electron chi connectivity index (χ4n) is 2.78. The molecule has 122 valence electrons. The Morgan fingerprint density at radius 2 is 1.82 bits per heavy atom. The topological polar surface area (TPSA) is 47.6 Å². The molecule has 1 aliphatic heterocycles. The van der Waals surface area contributed by atoms with Crippen LogP contribution in [0.2, 0.25) is 0 Å². The first-order valence-corrected chi connectivity index (χ1v) is 8.23. The molecule has 1 amide bonds. The molecule has 1 aromatic rings. The van der Waals surface area contributed by atoms with Crippen LogP contribution in [0, 0.1) is 0 Å². The molecule has 2 N–H and O–H groups in total. The monoisotopic (exact) mass is 304 g/mol. The number of rotatable bonds is 8. The fraction of sp³-hybridized carbons (Fsp3) is 0.588. The molecule has 0 radical (unpaired) electrons. The van der Waals surface area contributed by atoms with E-state index >= 15 is 0 Å². The van der Waals surface area contributed by atoms with E-state index in [-0.39, 0.29) is 5.91 Å². The third-order valence-electron chi connectivity index (χ3n) is 4.05. The maximum atomic E-state index is 11.3. The molecular weight excluding hydrogens is 276 g/mol. The molecule has 0 unspecified atom stereocenters. The number of amides is 1. The molecule has 22 heavy (non-hydrogen) atoms. The third kappa shape index (κ3) is 5.66. The van der Waals surface area contributed by atoms with Crippen molar-refractivity contribution in [2.24, 2.45) is 0 Å². The highest BCUT2D eigenvalue weighted by molar-refractivity contribution is 5.77. The summed E-state index contributed by atoms with van der Waals surface area (Å²) in [5.41, 5.74) is 1.33. The normalized spacial score (nSPS) is 15.8. The zero-order valence-corrected chi connectivity index (χ0v) is 13.6. The van der Waals surface area contributed by atoms with Gasteiger partial charge in [0, 0.05) is 38.4 Å². The largest absolute Gasteiger partial charge is 0.369 e. The summed E-state index contributed by atoms with van der Waals surface area (Å²) in [6.07, 6.45) is 2.19. The molecule has 2 rings (SSSR count). The van der Waals surface area contributed by atoms with Crippen molar-refractivity contribution < 1.29 is 4.79 Å². The van der Waals surface area contributed by atoms with E-state index in [0.717, 1.165) is 52.1 Å². The molecule has 0 bridgehead atoms. The maximum Gasteiger partial charge on any atom is 0.233 e. The Morgan fingerprint density at radius 3 is 2.50 bits per heavy atom. The predicted octanol–water partition coefficient (Wildman–Crippen LogP) is 0.924. The first kappa shape index (κ1) is 16.8. The van der Waals surface area contributed by atoms with E-state index in [9.17, 15) is 4.79 Å². The summed E-state index contributed by atoms with van der Waals surface area (Å²) in [6, 6.07) is 10.6. The van der Waals surface area contributed by atoms with Gasteiger partial charge in [-0.3, -0.25) is 9.69 Å². The Bertz CT molecular complexity index is 430. The lowest BCUT2D eigenvalue weighted by atomic mass is 10.2. The van der Waals surface area contributed by atoms with E-state index < -0.39 is 0 Å². The van der Waals surface area contributed by atoms with Crippen LogP contribution >= 0.6 is 0 Å². The second-order valence-corrected chi connectivity index (χ2v) is 5.75. The molecule has 0 spiro atoms. The van der Waals surface area contributed by atoms with Crippen molar-refractivity contribution >= 4 is 11.6 Å². The highest BCUT2D eigenvalue weighted by atomic mass is 16.1. The Labute approximate surface area is 133 Å². The van der Waals surface area contributed by atoms with Crippen LogP contribution in [0.25, 0.3) is 0 Å². The summed E-state index contributed by atoms with van der Waals surface area (Å²) in [5, 5.41) is 5.77. The molecule has 5 heteroatoms. The molecule has 0 aliphatic carbocycles. The number of piperazine rings is 1. The van der Waals surface area contributed by atoms with Gasteiger partial charge in [-0.2, -0.15) is 0 Å². The number of nitrogens with one attached hydrogen (secondary N) is 2. The number of unbranched alkanes of at least 4 members (excludes halogenated alkanes) is 1. The quantitative estimate of drug-likeness (QED) is 0.701. The van der Waals surface area contributed by atoms with E-state index in [2.05, 4.69) is 50.8 Å². The first-order chi connectivity index (χ1) is 10.8. The average molecular weight is 304 g/mol. The van der Waals surface area contributed by atoms with Crippen molar-refractivity contribution in [1.82, 2.24) is 15.5 Å². The van der Waals surface area contributed by atoms with E-state index in [1.54, 1.807) is 7.05 Å². The van der Waals surface area contributed by atoms with E-state index in [1.165, 1.54) is 5.69 Å². The Kier molecular flexibility index (Phi) is 7.19. The number of anilines is 1. The zero-order chi connectivity index (χ0) is 15.6. The second kappa shape index (κ2) is 9.43. The van der Waals surface area contributed by atoms with Gasteiger partial charge in [-0.05, 0) is 38.6 Å². The first-order valence-electron chi connectivity index (χ1n) is 8.23. The predicted molar refractivity (Wildman–Crippen MR) is 91.3 cm³/mol. The molecule has 1 aromatic carbocycles. The molecule has 0 atom stereocenters. The van der Waals surface area contributed by atoms with Crippen LogP contribution in [0.3, 0.4) is 0 Å². The van der Waals surface area contributed by atoms with E-state index in [1.807, 2.05) is 0 Å². The van der Waals surface area contributed by atoms with Crippen molar-refractivity contribution in [3.8, 4) is 0 Å². The van der Waals surface area contributed by atoms with Crippen LogP contribution in [0.4, 0.5) is 5.69 Å². The van der Waals surface area contributed by atoms with Crippen LogP contribution in [0.5, 0.6) is 0 Å². The third-order valence-corrected chi connectivity index (χ3v) is 4.05. The van der Waals surface area contributed by atoms with Gasteiger partial charge in [-0.25, -0.2) is 0 Å². The summed E-state index contributed by atoms with van der Waals surface area (Å²) < 4.78 is 0. The minimum absolute atomic E-state index is 0.0824. The van der Waals surface area contributed by atoms with Gasteiger partial charge in [0.25, 0.3) is 0 Å². The number of para-hydroxylation sites is 1. The Balaban J connectivity index is 1.55. The molecule has 1 heterocycles. The Morgan fingerprint density at radius 1 is 1.09 bits per heavy atom. The molecule has 0 aromatic heterocycles. The summed E-state index contributed by atoms with van der Waals surface area (Å²) in [6.45, 7) is 6.77. The minimum Gasteiger partial charge on any atom is -0.369 e. The number of carbonyl (C=O) groups is 1. The van der Waals surface area contributed by atoms with E-state index in [0.29, 0.717) is 6.54 Å². The number of nitrogens with zero attached hydrogens (tertiary/aromatic N) is 2. The summed E-state index contributed by atoms with van der Waals surface area (Å²) in [7, 11) is 1.79. The van der Waals surface area contributed by atoms with Crippen molar-refractivity contribution in [3.63, 3.8) is 0 Å². The highest BCUT2D eigenvalue weighted by Crippen LogP contribution is 2.15. The van der Waals surface area contributed by atoms with Crippen molar-refractivity contribution in [3.05, 3.63) is 30.3 Å². The lowest BCUT2D eigenvalue weighted by Gasteiger charge is -2.36. The van der Waals surface area contributed by atoms with Crippen LogP contribution in [0.1, 0.15) is 12.8 Å². The lowest BCUT2D eigenvalue weighted by molar-refractivity contribution is -0.120. The molecule has 1 saturated heterocycles. The summed E-state index contributed by atoms with van der Waals surface area (Å²) in [5.74, 6) is 0.0824. The summed E-state index contributed by atoms with van der Waals surface area (Å²) >= 11 is 0. The number of hydrogen-bond acceptors (Lipinski definition) is 4. The van der Waals surface area contributed by atoms with Gasteiger partial charge in [0.15, 0.2) is 0 Å². The minimum atomic E-state index is 0.0824. The van der Waals surface area contributed by atoms with Crippen LogP contribution in [-0.4, -0.2) is 63.7 Å². The van der Waals surface area contributed by atoms with Gasteiger partial charge in [-0.1, -0.05) is 18.2 Å². The standard InChI is InChI=1S/C17H28N4O/c1-18-15-17(22)19-9-5-6-10-20-11-13-21(14-12-20)16-7-3-2-4-8-16/h2-4,7-8,18H,5-6,9-15H2,1H3,(H,19,22). The molecular formula is C17H28N4O. The number of likely N-dealkylation sites (N-methyl/N-ethyl adjacent to an activating group) is 1. The highest BCUT2D eigenvalue weighted by Gasteiger charge is 2.16. The smallest absolute Gasteiger partial charge is 0.233 e. The van der Waals surface area contributed by atoms with Gasteiger partial charge in [-0.15, -0.1) is 0 Å². The van der Waals surface area contributed by atoms with Crippen LogP contribution in [0.15, 0.2) is 30.3 Å². The molecule has 1 fully saturated rings. The van der Waals surface area contributed by atoms with Crippen LogP contribution < -0.4 is 15.5 Å². The average Bonchev–Trinajstić information content (AvgIpc) is 2.56. The maximum absolute atomic E-state index is 11.3. The van der Waals surface area contributed by atoms with E-state index in [4.69, 9.17) is 0 Å². The molecule has 1 aliphatic rings. The van der Waals surface area contributed by atoms with Gasteiger partial charge >= 0.3 is 0 Å². The molecule has 5 nitrogen and oxygen atoms in total. The number of carbonyl (C=O) groups excluding carboxylic acids is 1.